The van der Waals surface area contributed by atoms with Crippen molar-refractivity contribution in [2.45, 2.75) is 11.8 Å². The summed E-state index contributed by atoms with van der Waals surface area (Å²) in [6.07, 6.45) is 1.94. The molecule has 0 aliphatic carbocycles. The largest absolute Gasteiger partial charge is 0.449 e. The van der Waals surface area contributed by atoms with E-state index < -0.39 is 4.92 Å². The molecule has 0 saturated heterocycles. The van der Waals surface area contributed by atoms with Crippen molar-refractivity contribution in [1.82, 2.24) is 0 Å². The lowest BCUT2D eigenvalue weighted by molar-refractivity contribution is -0.384. The van der Waals surface area contributed by atoms with Gasteiger partial charge in [0.1, 0.15) is 11.4 Å². The average Bonchev–Trinajstić information content (AvgIpc) is 2.48. The number of hydrogen-bond acceptors (Lipinski definition) is 5. The van der Waals surface area contributed by atoms with E-state index in [1.807, 2.05) is 31.4 Å². The molecule has 0 aliphatic heterocycles. The maximum atomic E-state index is 11.3. The summed E-state index contributed by atoms with van der Waals surface area (Å²) in [6.45, 7) is 2.49. The van der Waals surface area contributed by atoms with Crippen molar-refractivity contribution < 1.29 is 9.66 Å². The van der Waals surface area contributed by atoms with Crippen LogP contribution in [0.1, 0.15) is 6.92 Å². The molecule has 0 fully saturated rings. The quantitative estimate of drug-likeness (QED) is 0.482. The molecule has 0 aliphatic rings. The van der Waals surface area contributed by atoms with Crippen LogP contribution in [0.4, 0.5) is 11.4 Å². The van der Waals surface area contributed by atoms with Gasteiger partial charge >= 0.3 is 5.69 Å². The van der Waals surface area contributed by atoms with Crippen LogP contribution in [-0.4, -0.2) is 17.7 Å². The number of benzene rings is 2. The van der Waals surface area contributed by atoms with Gasteiger partial charge in [-0.2, -0.15) is 0 Å². The van der Waals surface area contributed by atoms with Gasteiger partial charge in [-0.1, -0.05) is 18.2 Å². The second-order valence-electron chi connectivity index (χ2n) is 4.19. The number of nitro groups is 1. The highest BCUT2D eigenvalue weighted by atomic mass is 32.2. The van der Waals surface area contributed by atoms with Crippen LogP contribution in [0.2, 0.25) is 0 Å². The summed E-state index contributed by atoms with van der Waals surface area (Å²) in [5.41, 5.74) is 0.414. The topological polar surface area (TPSA) is 64.4 Å². The minimum absolute atomic E-state index is 0.0461. The van der Waals surface area contributed by atoms with Crippen LogP contribution in [0.25, 0.3) is 0 Å². The zero-order chi connectivity index (χ0) is 15.2. The summed E-state index contributed by atoms with van der Waals surface area (Å²) in [6, 6.07) is 12.5. The lowest BCUT2D eigenvalue weighted by Gasteiger charge is -2.12. The molecule has 2 aromatic carbocycles. The minimum Gasteiger partial charge on any atom is -0.449 e. The number of nitrogens with one attached hydrogen (secondary N) is 1. The fourth-order valence-electron chi connectivity index (χ4n) is 1.95. The molecule has 1 N–H and O–H groups in total. The van der Waals surface area contributed by atoms with Gasteiger partial charge in [-0.15, -0.1) is 11.8 Å². The van der Waals surface area contributed by atoms with Crippen molar-refractivity contribution in [3.8, 4) is 11.5 Å². The summed E-state index contributed by atoms with van der Waals surface area (Å²) in [5, 5.41) is 14.3. The molecule has 2 rings (SSSR count). The van der Waals surface area contributed by atoms with Crippen LogP contribution in [-0.2, 0) is 0 Å². The predicted molar refractivity (Wildman–Crippen MR) is 85.6 cm³/mol. The number of nitrogens with zero attached hydrogens (tertiary/aromatic N) is 1. The highest BCUT2D eigenvalue weighted by Crippen LogP contribution is 2.39. The normalized spacial score (nSPS) is 10.2. The van der Waals surface area contributed by atoms with Crippen molar-refractivity contribution >= 4 is 23.1 Å². The predicted octanol–water partition coefficient (Wildman–Crippen LogP) is 4.54. The molecule has 0 aromatic heterocycles. The first kappa shape index (κ1) is 15.2. The number of thioether (sulfide) groups is 1. The molecule has 0 unspecified atom stereocenters. The zero-order valence-electron chi connectivity index (χ0n) is 11.8. The Morgan fingerprint density at radius 3 is 2.57 bits per heavy atom. The molecule has 21 heavy (non-hydrogen) atoms. The van der Waals surface area contributed by atoms with Gasteiger partial charge in [-0.3, -0.25) is 10.1 Å². The van der Waals surface area contributed by atoms with Gasteiger partial charge in [0.2, 0.25) is 5.75 Å². The number of hydrogen-bond donors (Lipinski definition) is 1. The summed E-state index contributed by atoms with van der Waals surface area (Å²) < 4.78 is 5.78. The van der Waals surface area contributed by atoms with E-state index in [-0.39, 0.29) is 11.4 Å². The standard InChI is InChI=1S/C15H16N2O3S/c1-3-16-11-7-6-9-13(15(11)17(18)19)20-12-8-4-5-10-14(12)21-2/h4-10,16H,3H2,1-2H3. The molecule has 0 radical (unpaired) electrons. The van der Waals surface area contributed by atoms with Crippen molar-refractivity contribution in [3.63, 3.8) is 0 Å². The molecule has 0 bridgehead atoms. The summed E-state index contributed by atoms with van der Waals surface area (Å²) >= 11 is 1.53. The highest BCUT2D eigenvalue weighted by molar-refractivity contribution is 7.98. The van der Waals surface area contributed by atoms with Gasteiger partial charge in [0.25, 0.3) is 0 Å². The molecular formula is C15H16N2O3S. The summed E-state index contributed by atoms with van der Waals surface area (Å²) in [7, 11) is 0. The van der Waals surface area contributed by atoms with Crippen LogP contribution in [0.15, 0.2) is 47.4 Å². The maximum absolute atomic E-state index is 11.3. The molecule has 6 heteroatoms. The Bertz CT molecular complexity index is 647. The number of para-hydroxylation sites is 2. The van der Waals surface area contributed by atoms with Gasteiger partial charge in [0.05, 0.1) is 4.92 Å². The van der Waals surface area contributed by atoms with Crippen LogP contribution < -0.4 is 10.1 Å². The third kappa shape index (κ3) is 3.46. The first-order valence-electron chi connectivity index (χ1n) is 6.49. The van der Waals surface area contributed by atoms with Crippen molar-refractivity contribution in [2.24, 2.45) is 0 Å². The molecule has 0 heterocycles. The number of ether oxygens (including phenoxy) is 1. The zero-order valence-corrected chi connectivity index (χ0v) is 12.6. The SMILES string of the molecule is CCNc1cccc(Oc2ccccc2SC)c1[N+](=O)[O-]. The Labute approximate surface area is 127 Å². The molecule has 0 saturated carbocycles. The second kappa shape index (κ2) is 6.99. The number of nitro benzene ring substituents is 1. The van der Waals surface area contributed by atoms with E-state index in [0.717, 1.165) is 4.90 Å². The molecule has 0 atom stereocenters. The molecule has 110 valence electrons. The second-order valence-corrected chi connectivity index (χ2v) is 5.04. The van der Waals surface area contributed by atoms with Gasteiger partial charge in [-0.25, -0.2) is 0 Å². The van der Waals surface area contributed by atoms with Crippen molar-refractivity contribution in [1.29, 1.82) is 0 Å². The average molecular weight is 304 g/mol. The van der Waals surface area contributed by atoms with Crippen LogP contribution in [0.5, 0.6) is 11.5 Å². The van der Waals surface area contributed by atoms with Gasteiger partial charge in [0, 0.05) is 11.4 Å². The van der Waals surface area contributed by atoms with E-state index in [4.69, 9.17) is 4.74 Å². The van der Waals surface area contributed by atoms with Crippen molar-refractivity contribution in [3.05, 3.63) is 52.6 Å². The van der Waals surface area contributed by atoms with Crippen molar-refractivity contribution in [2.75, 3.05) is 18.1 Å². The van der Waals surface area contributed by atoms with Crippen LogP contribution >= 0.6 is 11.8 Å². The minimum atomic E-state index is -0.422. The van der Waals surface area contributed by atoms with E-state index >= 15 is 0 Å². The lowest BCUT2D eigenvalue weighted by atomic mass is 10.2. The lowest BCUT2D eigenvalue weighted by Crippen LogP contribution is -2.02. The first-order valence-corrected chi connectivity index (χ1v) is 7.72. The number of anilines is 1. The van der Waals surface area contributed by atoms with E-state index in [0.29, 0.717) is 18.0 Å². The fourth-order valence-corrected chi connectivity index (χ4v) is 2.47. The van der Waals surface area contributed by atoms with Gasteiger partial charge in [-0.05, 0) is 37.4 Å². The van der Waals surface area contributed by atoms with E-state index in [1.54, 1.807) is 24.3 Å². The maximum Gasteiger partial charge on any atom is 0.334 e. The van der Waals surface area contributed by atoms with E-state index in [1.165, 1.54) is 11.8 Å². The third-order valence-corrected chi connectivity index (χ3v) is 3.61. The molecular weight excluding hydrogens is 288 g/mol. The Hall–Kier alpha value is -2.21. The van der Waals surface area contributed by atoms with E-state index in [9.17, 15) is 10.1 Å². The first-order chi connectivity index (χ1) is 10.2. The van der Waals surface area contributed by atoms with Gasteiger partial charge < -0.3 is 10.1 Å². The third-order valence-electron chi connectivity index (χ3n) is 2.84. The molecule has 0 spiro atoms. The monoisotopic (exact) mass is 304 g/mol. The Morgan fingerprint density at radius 1 is 1.19 bits per heavy atom. The number of rotatable bonds is 6. The van der Waals surface area contributed by atoms with Crippen LogP contribution in [0, 0.1) is 10.1 Å². The summed E-state index contributed by atoms with van der Waals surface area (Å²) in [4.78, 5) is 11.9. The molecule has 0 amide bonds. The van der Waals surface area contributed by atoms with E-state index in [2.05, 4.69) is 5.32 Å². The fraction of sp³-hybridized carbons (Fsp3) is 0.200. The van der Waals surface area contributed by atoms with Gasteiger partial charge in [0.15, 0.2) is 0 Å². The van der Waals surface area contributed by atoms with Crippen LogP contribution in [0.3, 0.4) is 0 Å². The Morgan fingerprint density at radius 2 is 1.90 bits per heavy atom. The highest BCUT2D eigenvalue weighted by Gasteiger charge is 2.21. The smallest absolute Gasteiger partial charge is 0.334 e. The Balaban J connectivity index is 2.44. The Kier molecular flexibility index (Phi) is 5.05. The summed E-state index contributed by atoms with van der Waals surface area (Å²) in [5.74, 6) is 0.849. The molecule has 2 aromatic rings. The molecule has 5 nitrogen and oxygen atoms in total.